The third kappa shape index (κ3) is 17.0. The number of likely N-dealkylation sites (N-methyl/N-ethyl adjacent to an activating group) is 1. The molecule has 0 aromatic rings. The average Bonchev–Trinajstić information content (AvgIpc) is 3.33. The molecular weight excluding hydrogens is 937 g/mol. The molecule has 18 heteroatoms. The molecule has 6 unspecified atom stereocenters. The summed E-state index contributed by atoms with van der Waals surface area (Å²) < 4.78 is 59.0. The standard InChI is InChI=1S/C53H84N2O15S/c1-32-16-14-12-11-13-15-17-33(2)47(58)49(67-10)48(59)36(5)26-34(3)44(57)30-45(35(4)27-40-19-21-43(56)46(28-40)66-9)69-52(62)38(7)55(8)51(61)50(60)53(63)37(6)18-20-41(70-53)29-42(32)54-71(64,65)31-39-22-24-68-25-23-39/h11-14,16,26,33-35,37-43,45-46,48-49,54,56,59,63H,15,17-25,27-31H2,1-10H3/b13-11-,14-12-,32-16-,36-26-/t33?,34?,35-,37+,38?,40+,41-,42-,43-,45?,46-,48?,49?,53+/m1/s1. The zero-order chi connectivity index (χ0) is 52.8. The van der Waals surface area contributed by atoms with Gasteiger partial charge >= 0.3 is 5.97 Å². The number of methoxy groups -OCH3 is 2. The fraction of sp³-hybridized carbons (Fsp3) is 0.755. The van der Waals surface area contributed by atoms with Crippen LogP contribution < -0.4 is 4.72 Å². The number of fused-ring (bicyclic) bond motifs is 2. The van der Waals surface area contributed by atoms with Crippen LogP contribution in [0.5, 0.6) is 0 Å². The number of aliphatic hydroxyl groups excluding tert-OH is 2. The van der Waals surface area contributed by atoms with E-state index in [1.165, 1.54) is 21.1 Å². The van der Waals surface area contributed by atoms with E-state index >= 15 is 0 Å². The maximum atomic E-state index is 14.2. The Morgan fingerprint density at radius 1 is 0.873 bits per heavy atom. The van der Waals surface area contributed by atoms with E-state index in [9.17, 15) is 47.7 Å². The van der Waals surface area contributed by atoms with Crippen molar-refractivity contribution in [3.8, 4) is 0 Å². The SMILES string of the molecule is COC1C(=O)C(C)CC\C=C/C=C\C=C(\C)[C@H](NS(=O)(=O)CC2CCOCC2)C[C@H]2CC[C@H](C)[C@](O)(O2)C(=O)C(=O)N(C)C(C)C(=O)OC([C@H](C)C[C@@H]2CC[C@@H](O)[C@H](OC)C2)CC(=O)C(C)/C=C(/C)C1O. The van der Waals surface area contributed by atoms with Crippen LogP contribution in [-0.4, -0.2) is 153 Å². The van der Waals surface area contributed by atoms with Crippen LogP contribution in [0.2, 0.25) is 0 Å². The van der Waals surface area contributed by atoms with Crippen LogP contribution in [-0.2, 0) is 57.7 Å². The van der Waals surface area contributed by atoms with E-state index in [2.05, 4.69) is 4.72 Å². The first-order chi connectivity index (χ1) is 33.4. The largest absolute Gasteiger partial charge is 0.460 e. The molecule has 2 bridgehead atoms. The van der Waals surface area contributed by atoms with Gasteiger partial charge < -0.3 is 43.9 Å². The van der Waals surface area contributed by atoms with E-state index < -0.39 is 99.7 Å². The van der Waals surface area contributed by atoms with Crippen molar-refractivity contribution in [1.29, 1.82) is 0 Å². The number of ether oxygens (including phenoxy) is 5. The summed E-state index contributed by atoms with van der Waals surface area (Å²) in [6.07, 6.45) is 10.0. The Balaban J connectivity index is 1.69. The fourth-order valence-electron chi connectivity index (χ4n) is 10.1. The van der Waals surface area contributed by atoms with Crippen LogP contribution in [0.25, 0.3) is 0 Å². The van der Waals surface area contributed by atoms with Gasteiger partial charge in [0.25, 0.3) is 11.7 Å². The van der Waals surface area contributed by atoms with Crippen molar-refractivity contribution >= 4 is 39.2 Å². The summed E-state index contributed by atoms with van der Waals surface area (Å²) in [6.45, 7) is 12.6. The van der Waals surface area contributed by atoms with Gasteiger partial charge in [0, 0.05) is 64.7 Å². The summed E-state index contributed by atoms with van der Waals surface area (Å²) in [5.41, 5.74) is 0.975. The maximum Gasteiger partial charge on any atom is 0.328 e. The molecule has 4 rings (SSSR count). The van der Waals surface area contributed by atoms with Gasteiger partial charge in [-0.25, -0.2) is 17.9 Å². The molecule has 4 aliphatic rings. The van der Waals surface area contributed by atoms with E-state index in [0.29, 0.717) is 82.1 Å². The molecule has 71 heavy (non-hydrogen) atoms. The zero-order valence-corrected chi connectivity index (χ0v) is 44.6. The Morgan fingerprint density at radius 3 is 2.23 bits per heavy atom. The Hall–Kier alpha value is -3.46. The lowest BCUT2D eigenvalue weighted by molar-refractivity contribution is -0.263. The van der Waals surface area contributed by atoms with Gasteiger partial charge in [-0.2, -0.15) is 0 Å². The van der Waals surface area contributed by atoms with Crippen LogP contribution in [0.4, 0.5) is 0 Å². The number of carbonyl (C=O) groups excluding carboxylic acids is 5. The molecular formula is C53H84N2O15S. The molecule has 1 aliphatic carbocycles. The lowest BCUT2D eigenvalue weighted by Crippen LogP contribution is -2.59. The second-order valence-electron chi connectivity index (χ2n) is 20.9. The highest BCUT2D eigenvalue weighted by Gasteiger charge is 2.52. The second-order valence-corrected chi connectivity index (χ2v) is 22.7. The Labute approximate surface area is 422 Å². The smallest absolute Gasteiger partial charge is 0.328 e. The van der Waals surface area contributed by atoms with E-state index in [1.807, 2.05) is 19.1 Å². The number of sulfonamides is 1. The zero-order valence-electron chi connectivity index (χ0n) is 43.7. The molecule has 0 radical (unpaired) electrons. The second kappa shape index (κ2) is 27.7. The van der Waals surface area contributed by atoms with Crippen molar-refractivity contribution in [2.45, 2.75) is 180 Å². The molecule has 402 valence electrons. The van der Waals surface area contributed by atoms with Gasteiger partial charge in [0.05, 0.1) is 24.1 Å². The number of rotatable bonds is 9. The first kappa shape index (κ1) is 60.1. The minimum absolute atomic E-state index is 0.0245. The monoisotopic (exact) mass is 1020 g/mol. The fourth-order valence-corrected chi connectivity index (χ4v) is 11.9. The minimum atomic E-state index is -3.85. The number of carbonyl (C=O) groups is 5. The van der Waals surface area contributed by atoms with E-state index in [-0.39, 0.29) is 54.5 Å². The van der Waals surface area contributed by atoms with Crippen LogP contribution in [0, 0.1) is 35.5 Å². The topological polar surface area (TPSA) is 242 Å². The number of esters is 1. The molecule has 0 spiro atoms. The van der Waals surface area contributed by atoms with Crippen molar-refractivity contribution in [2.24, 2.45) is 35.5 Å². The number of hydrogen-bond acceptors (Lipinski definition) is 15. The Morgan fingerprint density at radius 2 is 1.56 bits per heavy atom. The van der Waals surface area contributed by atoms with Crippen LogP contribution in [0.1, 0.15) is 126 Å². The molecule has 14 atom stereocenters. The van der Waals surface area contributed by atoms with Crippen LogP contribution in [0.15, 0.2) is 47.6 Å². The Bertz CT molecular complexity index is 2050. The van der Waals surface area contributed by atoms with E-state index in [0.717, 1.165) is 4.90 Å². The quantitative estimate of drug-likeness (QED) is 0.133. The highest BCUT2D eigenvalue weighted by atomic mass is 32.2. The highest BCUT2D eigenvalue weighted by molar-refractivity contribution is 7.89. The average molecular weight is 1020 g/mol. The van der Waals surface area contributed by atoms with Crippen molar-refractivity contribution in [2.75, 3.05) is 40.2 Å². The third-order valence-electron chi connectivity index (χ3n) is 15.3. The number of cyclic esters (lactones) is 1. The van der Waals surface area contributed by atoms with Crippen molar-refractivity contribution in [3.05, 3.63) is 47.6 Å². The molecule has 1 amide bonds. The molecule has 17 nitrogen and oxygen atoms in total. The van der Waals surface area contributed by atoms with E-state index in [1.54, 1.807) is 66.0 Å². The molecule has 2 saturated heterocycles. The summed E-state index contributed by atoms with van der Waals surface area (Å²) in [6, 6.07) is -2.18. The molecule has 1 saturated carbocycles. The van der Waals surface area contributed by atoms with Crippen molar-refractivity contribution in [3.63, 3.8) is 0 Å². The maximum absolute atomic E-state index is 14.2. The number of hydrogen-bond donors (Lipinski definition) is 4. The lowest BCUT2D eigenvalue weighted by Gasteiger charge is -2.42. The normalized spacial score (nSPS) is 37.8. The first-order valence-corrected chi connectivity index (χ1v) is 27.2. The van der Waals surface area contributed by atoms with Gasteiger partial charge in [0.15, 0.2) is 5.78 Å². The molecule has 0 aromatic carbocycles. The molecule has 3 aliphatic heterocycles. The number of Topliss-reactive ketones (excluding diaryl/α,β-unsaturated/α-hetero) is 3. The summed E-state index contributed by atoms with van der Waals surface area (Å²) in [4.78, 5) is 70.8. The third-order valence-corrected chi connectivity index (χ3v) is 16.9. The number of aliphatic hydroxyl groups is 3. The Kier molecular flexibility index (Phi) is 23.5. The van der Waals surface area contributed by atoms with Gasteiger partial charge in [-0.05, 0) is 115 Å². The minimum Gasteiger partial charge on any atom is -0.460 e. The highest BCUT2D eigenvalue weighted by Crippen LogP contribution is 2.37. The van der Waals surface area contributed by atoms with Gasteiger partial charge in [-0.15, -0.1) is 0 Å². The summed E-state index contributed by atoms with van der Waals surface area (Å²) in [5.74, 6) is -9.27. The van der Waals surface area contributed by atoms with Crippen LogP contribution in [0.3, 0.4) is 0 Å². The number of nitrogens with one attached hydrogen (secondary N) is 1. The molecule has 3 fully saturated rings. The van der Waals surface area contributed by atoms with Gasteiger partial charge in [-0.1, -0.05) is 69.7 Å². The first-order valence-electron chi connectivity index (χ1n) is 25.6. The van der Waals surface area contributed by atoms with Gasteiger partial charge in [0.1, 0.15) is 30.1 Å². The number of amides is 1. The van der Waals surface area contributed by atoms with E-state index in [4.69, 9.17) is 23.7 Å². The van der Waals surface area contributed by atoms with Crippen LogP contribution >= 0.6 is 0 Å². The van der Waals surface area contributed by atoms with Gasteiger partial charge in [-0.3, -0.25) is 19.2 Å². The number of ketones is 3. The summed E-state index contributed by atoms with van der Waals surface area (Å²) in [7, 11) is 0.280. The predicted molar refractivity (Wildman–Crippen MR) is 267 cm³/mol. The van der Waals surface area contributed by atoms with Crippen molar-refractivity contribution < 1.29 is 71.4 Å². The number of nitrogens with zero attached hydrogens (tertiary/aromatic N) is 1. The summed E-state index contributed by atoms with van der Waals surface area (Å²) >= 11 is 0. The lowest BCUT2D eigenvalue weighted by atomic mass is 9.78. The van der Waals surface area contributed by atoms with Crippen molar-refractivity contribution in [1.82, 2.24) is 9.62 Å². The summed E-state index contributed by atoms with van der Waals surface area (Å²) in [5, 5.41) is 33.8. The predicted octanol–water partition coefficient (Wildman–Crippen LogP) is 5.10. The van der Waals surface area contributed by atoms with Gasteiger partial charge in [0.2, 0.25) is 15.8 Å². The molecule has 0 aromatic heterocycles. The molecule has 3 heterocycles. The number of allylic oxidation sites excluding steroid dienone is 6. The molecule has 4 N–H and O–H groups in total.